The summed E-state index contributed by atoms with van der Waals surface area (Å²) in [5, 5.41) is 14.5. The summed E-state index contributed by atoms with van der Waals surface area (Å²) in [6.07, 6.45) is 1.77. The minimum absolute atomic E-state index is 0.0280. The minimum Gasteiger partial charge on any atom is -0.395 e. The molecule has 1 N–H and O–H groups in total. The molecule has 7 nitrogen and oxygen atoms in total. The van der Waals surface area contributed by atoms with Crippen LogP contribution in [0.25, 0.3) is 22.3 Å². The Kier molecular flexibility index (Phi) is 5.90. The van der Waals surface area contributed by atoms with E-state index in [1.54, 1.807) is 17.5 Å². The maximum absolute atomic E-state index is 13.5. The van der Waals surface area contributed by atoms with Crippen molar-refractivity contribution in [2.75, 3.05) is 39.3 Å². The van der Waals surface area contributed by atoms with Gasteiger partial charge in [-0.2, -0.15) is 5.10 Å². The average molecular weight is 428 g/mol. The second-order valence-electron chi connectivity index (χ2n) is 8.16. The molecule has 160 valence electrons. The number of aliphatic hydroxyl groups excluding tert-OH is 1. The molecule has 0 aliphatic carbocycles. The highest BCUT2D eigenvalue weighted by molar-refractivity contribution is 7.12. The molecule has 3 aromatic rings. The fourth-order valence-electron chi connectivity index (χ4n) is 4.08. The highest BCUT2D eigenvalue weighted by Crippen LogP contribution is 2.33. The van der Waals surface area contributed by atoms with Gasteiger partial charge in [-0.3, -0.25) is 9.69 Å². The molecule has 0 spiro atoms. The highest BCUT2D eigenvalue weighted by atomic mass is 32.1. The van der Waals surface area contributed by atoms with Gasteiger partial charge in [0.2, 0.25) is 0 Å². The van der Waals surface area contributed by atoms with Crippen molar-refractivity contribution in [1.82, 2.24) is 24.6 Å². The third-order valence-corrected chi connectivity index (χ3v) is 6.64. The van der Waals surface area contributed by atoms with E-state index in [2.05, 4.69) is 43.8 Å². The van der Waals surface area contributed by atoms with E-state index in [-0.39, 0.29) is 18.6 Å². The SMILES string of the molecule is Cc1cc(-c2cc(C(=O)N3CCN(CCO)CC3)c3cnn(C(C)C)c3n2)c(C)s1. The summed E-state index contributed by atoms with van der Waals surface area (Å²) < 4.78 is 1.89. The van der Waals surface area contributed by atoms with Crippen LogP contribution in [0.2, 0.25) is 0 Å². The number of aryl methyl sites for hydroxylation is 2. The fourth-order valence-corrected chi connectivity index (χ4v) is 5.02. The molecule has 0 saturated carbocycles. The van der Waals surface area contributed by atoms with Crippen molar-refractivity contribution in [2.45, 2.75) is 33.7 Å². The first-order chi connectivity index (χ1) is 14.4. The van der Waals surface area contributed by atoms with Crippen molar-refractivity contribution in [2.24, 2.45) is 0 Å². The number of carbonyl (C=O) groups excluding carboxylic acids is 1. The van der Waals surface area contributed by atoms with Crippen LogP contribution in [0.4, 0.5) is 0 Å². The van der Waals surface area contributed by atoms with Crippen LogP contribution in [0, 0.1) is 13.8 Å². The molecule has 1 fully saturated rings. The summed E-state index contributed by atoms with van der Waals surface area (Å²) in [6.45, 7) is 12.0. The minimum atomic E-state index is 0.0280. The summed E-state index contributed by atoms with van der Waals surface area (Å²) in [5.41, 5.74) is 3.33. The molecule has 1 aliphatic rings. The van der Waals surface area contributed by atoms with E-state index in [4.69, 9.17) is 10.1 Å². The smallest absolute Gasteiger partial charge is 0.254 e. The number of amides is 1. The summed E-state index contributed by atoms with van der Waals surface area (Å²) >= 11 is 1.75. The Hall–Kier alpha value is -2.29. The Balaban J connectivity index is 1.76. The van der Waals surface area contributed by atoms with E-state index in [1.165, 1.54) is 9.75 Å². The van der Waals surface area contributed by atoms with E-state index in [1.807, 2.05) is 15.6 Å². The van der Waals surface area contributed by atoms with Gasteiger partial charge in [0.05, 0.1) is 29.4 Å². The second-order valence-corrected chi connectivity index (χ2v) is 9.62. The maximum Gasteiger partial charge on any atom is 0.254 e. The van der Waals surface area contributed by atoms with Crippen molar-refractivity contribution < 1.29 is 9.90 Å². The molecule has 1 saturated heterocycles. The van der Waals surface area contributed by atoms with E-state index < -0.39 is 0 Å². The van der Waals surface area contributed by atoms with Crippen LogP contribution >= 0.6 is 11.3 Å². The monoisotopic (exact) mass is 427 g/mol. The van der Waals surface area contributed by atoms with Gasteiger partial charge in [0.25, 0.3) is 5.91 Å². The van der Waals surface area contributed by atoms with Gasteiger partial charge in [-0.05, 0) is 39.8 Å². The summed E-state index contributed by atoms with van der Waals surface area (Å²) in [6, 6.07) is 4.23. The molecule has 1 aliphatic heterocycles. The zero-order chi connectivity index (χ0) is 21.4. The standard InChI is InChI=1S/C22H29N5O2S/c1-14(2)27-21-19(13-23-27)18(12-20(24-21)17-11-15(3)30-16(17)4)22(29)26-7-5-25(6-8-26)9-10-28/h11-14,28H,5-10H2,1-4H3. The lowest BCUT2D eigenvalue weighted by molar-refractivity contribution is 0.0617. The Morgan fingerprint density at radius 2 is 1.93 bits per heavy atom. The number of hydrogen-bond donors (Lipinski definition) is 1. The fraction of sp³-hybridized carbons (Fsp3) is 0.500. The summed E-state index contributed by atoms with van der Waals surface area (Å²) in [5.74, 6) is 0.0280. The van der Waals surface area contributed by atoms with E-state index in [0.29, 0.717) is 25.2 Å². The molecule has 0 aromatic carbocycles. The molecular formula is C22H29N5O2S. The van der Waals surface area contributed by atoms with Gasteiger partial charge in [0.1, 0.15) is 0 Å². The zero-order valence-electron chi connectivity index (χ0n) is 18.1. The second kappa shape index (κ2) is 8.45. The molecule has 30 heavy (non-hydrogen) atoms. The molecule has 4 rings (SSSR count). The number of nitrogens with zero attached hydrogens (tertiary/aromatic N) is 5. The van der Waals surface area contributed by atoms with Crippen LogP contribution in [0.3, 0.4) is 0 Å². The number of fused-ring (bicyclic) bond motifs is 1. The number of thiophene rings is 1. The van der Waals surface area contributed by atoms with Crippen LogP contribution in [-0.4, -0.2) is 74.9 Å². The number of carbonyl (C=O) groups is 1. The number of pyridine rings is 1. The zero-order valence-corrected chi connectivity index (χ0v) is 18.9. The molecule has 0 atom stereocenters. The Morgan fingerprint density at radius 1 is 1.20 bits per heavy atom. The summed E-state index contributed by atoms with van der Waals surface area (Å²) in [4.78, 5) is 25.0. The first kappa shape index (κ1) is 21.0. The number of aliphatic hydroxyl groups is 1. The van der Waals surface area contributed by atoms with Gasteiger partial charge in [0.15, 0.2) is 5.65 Å². The Morgan fingerprint density at radius 3 is 2.53 bits per heavy atom. The van der Waals surface area contributed by atoms with Crippen LogP contribution in [0.5, 0.6) is 0 Å². The molecular weight excluding hydrogens is 398 g/mol. The first-order valence-corrected chi connectivity index (χ1v) is 11.3. The van der Waals surface area contributed by atoms with Crippen LogP contribution < -0.4 is 0 Å². The predicted molar refractivity (Wildman–Crippen MR) is 120 cm³/mol. The van der Waals surface area contributed by atoms with Crippen molar-refractivity contribution >= 4 is 28.3 Å². The van der Waals surface area contributed by atoms with Crippen molar-refractivity contribution in [3.05, 3.63) is 33.6 Å². The van der Waals surface area contributed by atoms with E-state index in [9.17, 15) is 4.79 Å². The third-order valence-electron chi connectivity index (χ3n) is 5.68. The van der Waals surface area contributed by atoms with E-state index >= 15 is 0 Å². The van der Waals surface area contributed by atoms with Gasteiger partial charge in [0, 0.05) is 54.1 Å². The lowest BCUT2D eigenvalue weighted by Gasteiger charge is -2.34. The average Bonchev–Trinajstić information content (AvgIpc) is 3.30. The maximum atomic E-state index is 13.5. The Bertz CT molecular complexity index is 1060. The Labute approximate surface area is 180 Å². The molecule has 0 radical (unpaired) electrons. The van der Waals surface area contributed by atoms with Gasteiger partial charge < -0.3 is 10.0 Å². The summed E-state index contributed by atoms with van der Waals surface area (Å²) in [7, 11) is 0. The molecule has 0 unspecified atom stereocenters. The van der Waals surface area contributed by atoms with Crippen LogP contribution in [0.1, 0.15) is 40.0 Å². The normalized spacial score (nSPS) is 15.5. The first-order valence-electron chi connectivity index (χ1n) is 10.5. The van der Waals surface area contributed by atoms with E-state index in [0.717, 1.165) is 35.4 Å². The number of rotatable bonds is 5. The van der Waals surface area contributed by atoms with Gasteiger partial charge >= 0.3 is 0 Å². The van der Waals surface area contributed by atoms with Gasteiger partial charge in [-0.1, -0.05) is 0 Å². The van der Waals surface area contributed by atoms with Crippen LogP contribution in [0.15, 0.2) is 18.3 Å². The quantitative estimate of drug-likeness (QED) is 0.677. The lowest BCUT2D eigenvalue weighted by Crippen LogP contribution is -2.49. The number of piperazine rings is 1. The van der Waals surface area contributed by atoms with Crippen LogP contribution in [-0.2, 0) is 0 Å². The highest BCUT2D eigenvalue weighted by Gasteiger charge is 2.26. The van der Waals surface area contributed by atoms with Gasteiger partial charge in [-0.15, -0.1) is 11.3 Å². The third kappa shape index (κ3) is 3.87. The molecule has 4 heterocycles. The molecule has 8 heteroatoms. The van der Waals surface area contributed by atoms with Gasteiger partial charge in [-0.25, -0.2) is 9.67 Å². The number of aromatic nitrogens is 3. The van der Waals surface area contributed by atoms with Crippen molar-refractivity contribution in [1.29, 1.82) is 0 Å². The van der Waals surface area contributed by atoms with Crippen molar-refractivity contribution in [3.8, 4) is 11.3 Å². The predicted octanol–water partition coefficient (Wildman–Crippen LogP) is 3.11. The molecule has 0 bridgehead atoms. The number of hydrogen-bond acceptors (Lipinski definition) is 6. The topological polar surface area (TPSA) is 74.5 Å². The number of β-amino-alcohol motifs (C(OH)–C–C–N with tert-alkyl or cyclic N) is 1. The largest absolute Gasteiger partial charge is 0.395 e. The van der Waals surface area contributed by atoms with Crippen molar-refractivity contribution in [3.63, 3.8) is 0 Å². The molecule has 3 aromatic heterocycles. The molecule has 1 amide bonds. The lowest BCUT2D eigenvalue weighted by atomic mass is 10.1.